The van der Waals surface area contributed by atoms with Gasteiger partial charge in [-0.25, -0.2) is 0 Å². The zero-order valence-electron chi connectivity index (χ0n) is 13.1. The highest BCUT2D eigenvalue weighted by atomic mass is 16.7. The lowest BCUT2D eigenvalue weighted by Crippen LogP contribution is -2.61. The zero-order valence-corrected chi connectivity index (χ0v) is 13.1. The van der Waals surface area contributed by atoms with E-state index in [9.17, 15) is 15.0 Å². The van der Waals surface area contributed by atoms with Crippen LogP contribution < -0.4 is 5.32 Å². The summed E-state index contributed by atoms with van der Waals surface area (Å²) in [5.41, 5.74) is 0. The van der Waals surface area contributed by atoms with Crippen molar-refractivity contribution < 1.29 is 29.2 Å². The van der Waals surface area contributed by atoms with E-state index in [4.69, 9.17) is 14.2 Å². The first-order valence-electron chi connectivity index (χ1n) is 7.23. The number of ether oxygens (including phenoxy) is 3. The van der Waals surface area contributed by atoms with Crippen LogP contribution >= 0.6 is 0 Å². The van der Waals surface area contributed by atoms with Crippen molar-refractivity contribution in [2.75, 3.05) is 26.9 Å². The second-order valence-corrected chi connectivity index (χ2v) is 5.60. The molecule has 1 saturated heterocycles. The Bertz CT molecular complexity index is 325. The molecule has 0 aliphatic carbocycles. The Hall–Kier alpha value is -0.730. The number of methoxy groups -OCH3 is 1. The summed E-state index contributed by atoms with van der Waals surface area (Å²) in [6, 6.07) is -0.514. The highest BCUT2D eigenvalue weighted by Gasteiger charge is 2.46. The molecule has 21 heavy (non-hydrogen) atoms. The summed E-state index contributed by atoms with van der Waals surface area (Å²) in [5, 5.41) is 22.1. The summed E-state index contributed by atoms with van der Waals surface area (Å²) in [5.74, 6) is -0.934. The summed E-state index contributed by atoms with van der Waals surface area (Å²) in [7, 11) is 1.55. The Labute approximate surface area is 125 Å². The Kier molecular flexibility index (Phi) is 7.55. The molecule has 0 bridgehead atoms. The van der Waals surface area contributed by atoms with Crippen molar-refractivity contribution in [1.29, 1.82) is 0 Å². The lowest BCUT2D eigenvalue weighted by molar-refractivity contribution is -0.264. The third-order valence-corrected chi connectivity index (χ3v) is 3.62. The van der Waals surface area contributed by atoms with Crippen LogP contribution in [0.2, 0.25) is 0 Å². The van der Waals surface area contributed by atoms with Gasteiger partial charge in [0.05, 0.1) is 24.9 Å². The van der Waals surface area contributed by atoms with E-state index in [1.807, 2.05) is 13.8 Å². The summed E-state index contributed by atoms with van der Waals surface area (Å²) in [6.07, 6.45) is -1.18. The average Bonchev–Trinajstić information content (AvgIpc) is 2.40. The highest BCUT2D eigenvalue weighted by molar-refractivity contribution is 5.73. The second kappa shape index (κ2) is 8.65. The van der Waals surface area contributed by atoms with Crippen LogP contribution in [0.25, 0.3) is 0 Å². The predicted molar refractivity (Wildman–Crippen MR) is 75.5 cm³/mol. The normalized spacial score (nSPS) is 33.2. The largest absolute Gasteiger partial charge is 0.396 e. The molecule has 1 aliphatic rings. The molecule has 0 aromatic carbocycles. The maximum absolute atomic E-state index is 11.4. The van der Waals surface area contributed by atoms with E-state index in [0.717, 1.165) is 0 Å². The standard InChI is InChI=1S/C14H27NO6/c1-8(2)20-14-13(15-9(3)18)11(6-17)10(5-16)12(21-14)7-19-4/h8,10-14,16-17H,5-7H2,1-4H3,(H,15,18). The molecule has 5 atom stereocenters. The van der Waals surface area contributed by atoms with Crippen molar-refractivity contribution in [3.8, 4) is 0 Å². The first kappa shape index (κ1) is 18.3. The molecule has 0 saturated carbocycles. The van der Waals surface area contributed by atoms with Gasteiger partial charge in [0.2, 0.25) is 5.91 Å². The van der Waals surface area contributed by atoms with Crippen LogP contribution in [0.15, 0.2) is 0 Å². The number of rotatable bonds is 7. The van der Waals surface area contributed by atoms with Gasteiger partial charge in [-0.3, -0.25) is 4.79 Å². The number of aliphatic hydroxyl groups is 2. The topological polar surface area (TPSA) is 97.2 Å². The van der Waals surface area contributed by atoms with E-state index in [2.05, 4.69) is 5.32 Å². The molecule has 7 nitrogen and oxygen atoms in total. The van der Waals surface area contributed by atoms with E-state index in [1.165, 1.54) is 6.92 Å². The molecule has 1 rings (SSSR count). The monoisotopic (exact) mass is 305 g/mol. The van der Waals surface area contributed by atoms with Crippen LogP contribution in [0.4, 0.5) is 0 Å². The van der Waals surface area contributed by atoms with Crippen molar-refractivity contribution in [2.45, 2.75) is 45.3 Å². The summed E-state index contributed by atoms with van der Waals surface area (Å²) < 4.78 is 16.7. The Morgan fingerprint density at radius 1 is 1.29 bits per heavy atom. The zero-order chi connectivity index (χ0) is 16.0. The maximum atomic E-state index is 11.4. The van der Waals surface area contributed by atoms with Gasteiger partial charge in [0.1, 0.15) is 0 Å². The summed E-state index contributed by atoms with van der Waals surface area (Å²) in [4.78, 5) is 11.4. The number of nitrogens with one attached hydrogen (secondary N) is 1. The van der Waals surface area contributed by atoms with Crippen LogP contribution in [0.1, 0.15) is 20.8 Å². The summed E-state index contributed by atoms with van der Waals surface area (Å²) in [6.45, 7) is 5.07. The second-order valence-electron chi connectivity index (χ2n) is 5.60. The number of aliphatic hydroxyl groups excluding tert-OH is 2. The minimum atomic E-state index is -0.686. The van der Waals surface area contributed by atoms with Crippen LogP contribution in [0.3, 0.4) is 0 Å². The Morgan fingerprint density at radius 3 is 2.33 bits per heavy atom. The molecule has 0 aromatic rings. The first-order chi connectivity index (χ1) is 9.94. The van der Waals surface area contributed by atoms with E-state index in [-0.39, 0.29) is 43.7 Å². The van der Waals surface area contributed by atoms with E-state index in [0.29, 0.717) is 0 Å². The van der Waals surface area contributed by atoms with Crippen molar-refractivity contribution in [3.63, 3.8) is 0 Å². The molecule has 0 radical (unpaired) electrons. The molecule has 3 N–H and O–H groups in total. The third-order valence-electron chi connectivity index (χ3n) is 3.62. The first-order valence-corrected chi connectivity index (χ1v) is 7.23. The van der Waals surface area contributed by atoms with Gasteiger partial charge in [0.25, 0.3) is 0 Å². The van der Waals surface area contributed by atoms with E-state index < -0.39 is 18.4 Å². The minimum absolute atomic E-state index is 0.0977. The Balaban J connectivity index is 2.99. The van der Waals surface area contributed by atoms with Crippen LogP contribution in [-0.2, 0) is 19.0 Å². The molecule has 1 heterocycles. The van der Waals surface area contributed by atoms with Crippen molar-refractivity contribution in [2.24, 2.45) is 11.8 Å². The fourth-order valence-corrected chi connectivity index (χ4v) is 2.73. The molecule has 1 aliphatic heterocycles. The molecule has 0 spiro atoms. The lowest BCUT2D eigenvalue weighted by Gasteiger charge is -2.46. The molecule has 1 fully saturated rings. The molecule has 7 heteroatoms. The Morgan fingerprint density at radius 2 is 1.90 bits per heavy atom. The molecule has 5 unspecified atom stereocenters. The number of amides is 1. The van der Waals surface area contributed by atoms with Gasteiger partial charge in [-0.05, 0) is 13.8 Å². The summed E-state index contributed by atoms with van der Waals surface area (Å²) >= 11 is 0. The fourth-order valence-electron chi connectivity index (χ4n) is 2.73. The van der Waals surface area contributed by atoms with E-state index >= 15 is 0 Å². The van der Waals surface area contributed by atoms with Gasteiger partial charge in [-0.1, -0.05) is 0 Å². The SMILES string of the molecule is COCC1OC(OC(C)C)C(NC(C)=O)C(CO)C1CO. The lowest BCUT2D eigenvalue weighted by atomic mass is 9.80. The average molecular weight is 305 g/mol. The molecule has 1 amide bonds. The molecule has 0 aromatic heterocycles. The maximum Gasteiger partial charge on any atom is 0.217 e. The van der Waals surface area contributed by atoms with Gasteiger partial charge < -0.3 is 29.7 Å². The van der Waals surface area contributed by atoms with Crippen LogP contribution in [0, 0.1) is 11.8 Å². The van der Waals surface area contributed by atoms with Crippen molar-refractivity contribution in [3.05, 3.63) is 0 Å². The highest BCUT2D eigenvalue weighted by Crippen LogP contribution is 2.32. The number of hydrogen-bond acceptors (Lipinski definition) is 6. The molecular weight excluding hydrogens is 278 g/mol. The van der Waals surface area contributed by atoms with Crippen LogP contribution in [-0.4, -0.2) is 67.6 Å². The van der Waals surface area contributed by atoms with Crippen molar-refractivity contribution >= 4 is 5.91 Å². The third kappa shape index (κ3) is 4.89. The van der Waals surface area contributed by atoms with Gasteiger partial charge in [0.15, 0.2) is 6.29 Å². The van der Waals surface area contributed by atoms with Gasteiger partial charge in [-0.15, -0.1) is 0 Å². The number of carbonyl (C=O) groups excluding carboxylic acids is 1. The van der Waals surface area contributed by atoms with Crippen LogP contribution in [0.5, 0.6) is 0 Å². The van der Waals surface area contributed by atoms with Gasteiger partial charge in [0, 0.05) is 39.1 Å². The number of hydrogen-bond donors (Lipinski definition) is 3. The minimum Gasteiger partial charge on any atom is -0.396 e. The van der Waals surface area contributed by atoms with Gasteiger partial charge in [-0.2, -0.15) is 0 Å². The van der Waals surface area contributed by atoms with Gasteiger partial charge >= 0.3 is 0 Å². The molecular formula is C14H27NO6. The predicted octanol–water partition coefficient (Wildman–Crippen LogP) is -0.496. The fraction of sp³-hybridized carbons (Fsp3) is 0.929. The van der Waals surface area contributed by atoms with E-state index in [1.54, 1.807) is 7.11 Å². The molecule has 124 valence electrons. The van der Waals surface area contributed by atoms with Crippen molar-refractivity contribution in [1.82, 2.24) is 5.32 Å². The smallest absolute Gasteiger partial charge is 0.217 e. The quantitative estimate of drug-likeness (QED) is 0.587. The number of carbonyl (C=O) groups is 1.